The number of carbonyl (C=O) groups is 1. The van der Waals surface area contributed by atoms with Gasteiger partial charge in [0.05, 0.1) is 13.0 Å². The zero-order valence-corrected chi connectivity index (χ0v) is 15.1. The molecule has 4 nitrogen and oxygen atoms in total. The molecule has 2 aromatic rings. The number of hydrogen-bond acceptors (Lipinski definition) is 4. The van der Waals surface area contributed by atoms with Gasteiger partial charge < -0.3 is 4.74 Å². The van der Waals surface area contributed by atoms with Gasteiger partial charge in [0.25, 0.3) is 0 Å². The number of rotatable bonds is 10. The molecule has 27 heavy (non-hydrogen) atoms. The van der Waals surface area contributed by atoms with Crippen LogP contribution in [0.5, 0.6) is 0 Å². The number of benzene rings is 2. The smallest absolute Gasteiger partial charge is 0.306 e. The highest BCUT2D eigenvalue weighted by Gasteiger charge is 2.08. The summed E-state index contributed by atoms with van der Waals surface area (Å²) in [4.78, 5) is 34.0. The molecule has 0 aromatic heterocycles. The van der Waals surface area contributed by atoms with E-state index in [1.807, 2.05) is 72.5 Å². The van der Waals surface area contributed by atoms with Crippen LogP contribution in [0.15, 0.2) is 60.7 Å². The molecule has 0 radical (unpaired) electrons. The first-order valence-corrected chi connectivity index (χ1v) is 8.99. The first-order valence-electron chi connectivity index (χ1n) is 8.99. The number of carbonyl (C=O) groups excluding carboxylic acids is 3. The van der Waals surface area contributed by atoms with Crippen LogP contribution in [0.2, 0.25) is 0 Å². The van der Waals surface area contributed by atoms with E-state index in [-0.39, 0.29) is 12.4 Å². The molecule has 0 saturated heterocycles. The Kier molecular flexibility index (Phi) is 8.52. The summed E-state index contributed by atoms with van der Waals surface area (Å²) in [6.45, 7) is 0.297. The molecule has 4 heteroatoms. The topological polar surface area (TPSA) is 60.4 Å². The minimum atomic E-state index is -0.340. The van der Waals surface area contributed by atoms with Crippen molar-refractivity contribution in [1.29, 1.82) is 0 Å². The van der Waals surface area contributed by atoms with Gasteiger partial charge in [0, 0.05) is 11.1 Å². The third-order valence-electron chi connectivity index (χ3n) is 4.15. The van der Waals surface area contributed by atoms with Crippen LogP contribution in [0.25, 0.3) is 11.1 Å². The van der Waals surface area contributed by atoms with Gasteiger partial charge in [-0.25, -0.2) is 9.59 Å². The van der Waals surface area contributed by atoms with Crippen LogP contribution < -0.4 is 0 Å². The summed E-state index contributed by atoms with van der Waals surface area (Å²) in [7, 11) is 0. The first-order chi connectivity index (χ1) is 13.2. The lowest BCUT2D eigenvalue weighted by Crippen LogP contribution is -2.06. The Morgan fingerprint density at radius 1 is 0.704 bits per heavy atom. The Labute approximate surface area is 159 Å². The van der Waals surface area contributed by atoms with Crippen molar-refractivity contribution >= 4 is 29.0 Å². The van der Waals surface area contributed by atoms with Crippen molar-refractivity contribution < 1.29 is 19.1 Å². The zero-order valence-electron chi connectivity index (χ0n) is 15.1. The monoisotopic (exact) mass is 362 g/mol. The van der Waals surface area contributed by atoms with Crippen LogP contribution in [-0.4, -0.2) is 24.5 Å². The van der Waals surface area contributed by atoms with Gasteiger partial charge in [-0.2, -0.15) is 0 Å². The molecule has 2 aromatic carbocycles. The predicted octanol–water partition coefficient (Wildman–Crippen LogP) is 4.31. The molecule has 0 aliphatic carbocycles. The van der Waals surface area contributed by atoms with Crippen molar-refractivity contribution in [3.63, 3.8) is 0 Å². The van der Waals surface area contributed by atoms with E-state index in [1.54, 1.807) is 0 Å². The fraction of sp³-hybridized carbons (Fsp3) is 0.261. The fourth-order valence-electron chi connectivity index (χ4n) is 2.68. The van der Waals surface area contributed by atoms with E-state index in [9.17, 15) is 14.4 Å². The molecule has 0 heterocycles. The second-order valence-corrected chi connectivity index (χ2v) is 6.07. The molecule has 0 bridgehead atoms. The summed E-state index contributed by atoms with van der Waals surface area (Å²) < 4.78 is 5.20. The summed E-state index contributed by atoms with van der Waals surface area (Å²) >= 11 is 0. The van der Waals surface area contributed by atoms with Crippen molar-refractivity contribution in [3.8, 4) is 0 Å². The average Bonchev–Trinajstić information content (AvgIpc) is 2.72. The van der Waals surface area contributed by atoms with E-state index in [0.717, 1.165) is 17.5 Å². The van der Waals surface area contributed by atoms with Crippen molar-refractivity contribution in [2.45, 2.75) is 32.1 Å². The minimum Gasteiger partial charge on any atom is -0.466 e. The summed E-state index contributed by atoms with van der Waals surface area (Å²) in [5.41, 5.74) is 2.75. The van der Waals surface area contributed by atoms with Gasteiger partial charge >= 0.3 is 5.97 Å². The van der Waals surface area contributed by atoms with Crippen molar-refractivity contribution in [2.75, 3.05) is 6.61 Å². The number of hydrogen-bond donors (Lipinski definition) is 0. The van der Waals surface area contributed by atoms with Gasteiger partial charge in [0.1, 0.15) is 11.9 Å². The number of allylic oxidation sites excluding steroid dienone is 2. The number of esters is 1. The van der Waals surface area contributed by atoms with E-state index in [2.05, 4.69) is 0 Å². The molecule has 0 amide bonds. The standard InChI is InChI=1S/C23H22O4/c24-17-21(19-9-3-1-4-10-19)13-7-8-16-27-23(26)15-14-22(18-25)20-11-5-2-6-12-20/h1-6,9-12H,7-8,13-16H2. The number of unbranched alkanes of at least 4 members (excludes halogenated alkanes) is 1. The summed E-state index contributed by atoms with van der Waals surface area (Å²) in [6, 6.07) is 18.6. The Balaban J connectivity index is 1.66. The summed E-state index contributed by atoms with van der Waals surface area (Å²) in [6.07, 6.45) is 2.44. The quantitative estimate of drug-likeness (QED) is 0.359. The molecule has 0 atom stereocenters. The van der Waals surface area contributed by atoms with Gasteiger partial charge in [0.15, 0.2) is 0 Å². The highest BCUT2D eigenvalue weighted by Crippen LogP contribution is 2.18. The maximum absolute atomic E-state index is 11.8. The first kappa shape index (κ1) is 20.1. The molecule has 0 spiro atoms. The van der Waals surface area contributed by atoms with Gasteiger partial charge in [-0.3, -0.25) is 4.79 Å². The molecular weight excluding hydrogens is 340 g/mol. The second kappa shape index (κ2) is 11.4. The Morgan fingerprint density at radius 2 is 1.22 bits per heavy atom. The third-order valence-corrected chi connectivity index (χ3v) is 4.15. The van der Waals surface area contributed by atoms with Gasteiger partial charge in [-0.15, -0.1) is 0 Å². The van der Waals surface area contributed by atoms with Crippen molar-refractivity contribution in [3.05, 3.63) is 71.8 Å². The molecular formula is C23H22O4. The summed E-state index contributed by atoms with van der Waals surface area (Å²) in [5, 5.41) is 0. The van der Waals surface area contributed by atoms with Crippen LogP contribution in [0.3, 0.4) is 0 Å². The lowest BCUT2D eigenvalue weighted by Gasteiger charge is -2.07. The SMILES string of the molecule is O=C=C(CCCCOC(=O)CCC(=C=O)c1ccccc1)c1ccccc1. The summed E-state index contributed by atoms with van der Waals surface area (Å²) in [5.74, 6) is 3.56. The Hall–Kier alpha value is -3.19. The highest BCUT2D eigenvalue weighted by molar-refractivity contribution is 5.89. The van der Waals surface area contributed by atoms with Gasteiger partial charge in [-0.1, -0.05) is 60.7 Å². The van der Waals surface area contributed by atoms with Crippen LogP contribution in [0.4, 0.5) is 0 Å². The molecule has 0 unspecified atom stereocenters. The molecule has 2 rings (SSSR count). The van der Waals surface area contributed by atoms with Crippen LogP contribution in [0, 0.1) is 0 Å². The number of ether oxygens (including phenoxy) is 1. The van der Waals surface area contributed by atoms with Crippen molar-refractivity contribution in [2.24, 2.45) is 0 Å². The fourth-order valence-corrected chi connectivity index (χ4v) is 2.68. The van der Waals surface area contributed by atoms with E-state index >= 15 is 0 Å². The van der Waals surface area contributed by atoms with Crippen LogP contribution in [0.1, 0.15) is 43.2 Å². The second-order valence-electron chi connectivity index (χ2n) is 6.07. The van der Waals surface area contributed by atoms with Crippen molar-refractivity contribution in [1.82, 2.24) is 0 Å². The van der Waals surface area contributed by atoms with Crippen LogP contribution in [-0.2, 0) is 19.1 Å². The van der Waals surface area contributed by atoms with E-state index in [0.29, 0.717) is 37.0 Å². The van der Waals surface area contributed by atoms with Gasteiger partial charge in [0.2, 0.25) is 0 Å². The van der Waals surface area contributed by atoms with E-state index in [1.165, 1.54) is 0 Å². The molecule has 0 fully saturated rings. The maximum atomic E-state index is 11.8. The minimum absolute atomic E-state index is 0.142. The lowest BCUT2D eigenvalue weighted by molar-refractivity contribution is -0.143. The lowest BCUT2D eigenvalue weighted by atomic mass is 10.0. The normalized spacial score (nSPS) is 9.78. The molecule has 0 aliphatic rings. The average molecular weight is 362 g/mol. The molecule has 138 valence electrons. The highest BCUT2D eigenvalue weighted by atomic mass is 16.5. The largest absolute Gasteiger partial charge is 0.466 e. The molecule has 0 N–H and O–H groups in total. The van der Waals surface area contributed by atoms with Crippen LogP contribution >= 0.6 is 0 Å². The van der Waals surface area contributed by atoms with E-state index in [4.69, 9.17) is 4.74 Å². The third kappa shape index (κ3) is 6.91. The van der Waals surface area contributed by atoms with E-state index < -0.39 is 0 Å². The predicted molar refractivity (Wildman–Crippen MR) is 105 cm³/mol. The molecule has 0 saturated carbocycles. The maximum Gasteiger partial charge on any atom is 0.306 e. The Morgan fingerprint density at radius 3 is 1.74 bits per heavy atom. The van der Waals surface area contributed by atoms with Gasteiger partial charge in [-0.05, 0) is 36.8 Å². The molecule has 0 aliphatic heterocycles. The zero-order chi connectivity index (χ0) is 19.3. The Bertz CT molecular complexity index is 827.